The van der Waals surface area contributed by atoms with Gasteiger partial charge in [-0.1, -0.05) is 60.7 Å². The van der Waals surface area contributed by atoms with E-state index in [9.17, 15) is 8.42 Å². The highest BCUT2D eigenvalue weighted by atomic mass is 32.2. The lowest BCUT2D eigenvalue weighted by molar-refractivity contribution is 0.589. The van der Waals surface area contributed by atoms with Crippen LogP contribution in [0.4, 0.5) is 5.69 Å². The molecular formula is C22H20N2O2S. The molecular weight excluding hydrogens is 356 g/mol. The predicted octanol–water partition coefficient (Wildman–Crippen LogP) is 4.14. The molecule has 0 saturated carbocycles. The van der Waals surface area contributed by atoms with Crippen LogP contribution in [0.5, 0.6) is 0 Å². The van der Waals surface area contributed by atoms with Gasteiger partial charge in [-0.25, -0.2) is 8.42 Å². The highest BCUT2D eigenvalue weighted by Crippen LogP contribution is 2.21. The van der Waals surface area contributed by atoms with Crippen LogP contribution in [-0.4, -0.2) is 15.0 Å². The number of sulfonamides is 1. The molecule has 27 heavy (non-hydrogen) atoms. The van der Waals surface area contributed by atoms with Crippen molar-refractivity contribution in [2.45, 2.75) is 12.2 Å². The molecule has 0 spiro atoms. The molecule has 0 saturated heterocycles. The quantitative estimate of drug-likeness (QED) is 0.623. The molecule has 0 unspecified atom stereocenters. The molecule has 0 fully saturated rings. The molecule has 4 nitrogen and oxygen atoms in total. The van der Waals surface area contributed by atoms with Crippen LogP contribution < -0.4 is 4.31 Å². The summed E-state index contributed by atoms with van der Waals surface area (Å²) in [7, 11) is -3.60. The first-order valence-electron chi connectivity index (χ1n) is 8.67. The normalized spacial score (nSPS) is 10.9. The molecule has 3 aromatic carbocycles. The smallest absolute Gasteiger partial charge is 0.239 e. The maximum Gasteiger partial charge on any atom is 0.239 e. The largest absolute Gasteiger partial charge is 0.270 e. The zero-order valence-corrected chi connectivity index (χ0v) is 15.6. The van der Waals surface area contributed by atoms with Gasteiger partial charge in [-0.05, 0) is 41.8 Å². The molecule has 0 aliphatic rings. The van der Waals surface area contributed by atoms with Crippen LogP contribution in [0.2, 0.25) is 0 Å². The second kappa shape index (κ2) is 8.52. The molecule has 3 aromatic rings. The minimum atomic E-state index is -3.60. The summed E-state index contributed by atoms with van der Waals surface area (Å²) in [5, 5.41) is 9.05. The maximum atomic E-state index is 13.2. The molecule has 0 aliphatic heterocycles. The van der Waals surface area contributed by atoms with Crippen molar-refractivity contribution in [1.29, 1.82) is 5.26 Å². The Kier molecular flexibility index (Phi) is 5.90. The first kappa shape index (κ1) is 18.7. The number of anilines is 1. The molecule has 0 radical (unpaired) electrons. The first-order valence-corrected chi connectivity index (χ1v) is 10.3. The van der Waals surface area contributed by atoms with Crippen LogP contribution in [-0.2, 0) is 22.2 Å². The average molecular weight is 376 g/mol. The number of para-hydroxylation sites is 1. The Morgan fingerprint density at radius 2 is 1.44 bits per heavy atom. The Balaban J connectivity index is 1.87. The fourth-order valence-electron chi connectivity index (χ4n) is 2.92. The third-order valence-corrected chi connectivity index (χ3v) is 5.99. The molecule has 0 N–H and O–H groups in total. The summed E-state index contributed by atoms with van der Waals surface area (Å²) in [6.45, 7) is 0.355. The van der Waals surface area contributed by atoms with Gasteiger partial charge >= 0.3 is 0 Å². The van der Waals surface area contributed by atoms with Crippen molar-refractivity contribution in [2.75, 3.05) is 10.8 Å². The Labute approximate surface area is 160 Å². The topological polar surface area (TPSA) is 61.2 Å². The standard InChI is InChI=1S/C22H20N2O2S/c23-17-20-10-7-11-21(16-20)18-27(25,26)24(22-12-5-2-6-13-22)15-14-19-8-3-1-4-9-19/h1-13,16H,14-15,18H2. The van der Waals surface area contributed by atoms with Gasteiger partial charge in [-0.3, -0.25) is 4.31 Å². The predicted molar refractivity (Wildman–Crippen MR) is 108 cm³/mol. The Hall–Kier alpha value is -3.10. The molecule has 136 valence electrons. The van der Waals surface area contributed by atoms with Crippen LogP contribution in [0.1, 0.15) is 16.7 Å². The average Bonchev–Trinajstić information content (AvgIpc) is 2.69. The van der Waals surface area contributed by atoms with E-state index in [1.165, 1.54) is 4.31 Å². The summed E-state index contributed by atoms with van der Waals surface area (Å²) in [5.74, 6) is -0.147. The third-order valence-electron chi connectivity index (χ3n) is 4.23. The van der Waals surface area contributed by atoms with Gasteiger partial charge in [0.25, 0.3) is 0 Å². The zero-order chi connectivity index (χ0) is 19.1. The fourth-order valence-corrected chi connectivity index (χ4v) is 4.49. The maximum absolute atomic E-state index is 13.2. The highest BCUT2D eigenvalue weighted by Gasteiger charge is 2.23. The SMILES string of the molecule is N#Cc1cccc(CS(=O)(=O)N(CCc2ccccc2)c2ccccc2)c1. The van der Waals surface area contributed by atoms with Gasteiger partial charge in [0.1, 0.15) is 0 Å². The van der Waals surface area contributed by atoms with Gasteiger partial charge in [0.2, 0.25) is 10.0 Å². The van der Waals surface area contributed by atoms with E-state index in [-0.39, 0.29) is 5.75 Å². The zero-order valence-electron chi connectivity index (χ0n) is 14.8. The van der Waals surface area contributed by atoms with E-state index in [0.717, 1.165) is 5.56 Å². The van der Waals surface area contributed by atoms with Gasteiger partial charge in [0.15, 0.2) is 0 Å². The number of nitriles is 1. The monoisotopic (exact) mass is 376 g/mol. The van der Waals surface area contributed by atoms with Crippen molar-refractivity contribution in [2.24, 2.45) is 0 Å². The van der Waals surface area contributed by atoms with E-state index in [1.807, 2.05) is 48.5 Å². The summed E-state index contributed by atoms with van der Waals surface area (Å²) < 4.78 is 27.8. The molecule has 0 aromatic heterocycles. The van der Waals surface area contributed by atoms with E-state index < -0.39 is 10.0 Å². The Bertz CT molecular complexity index is 1030. The summed E-state index contributed by atoms with van der Waals surface area (Å²) in [5.41, 5.74) is 2.79. The van der Waals surface area contributed by atoms with Crippen molar-refractivity contribution >= 4 is 15.7 Å². The van der Waals surface area contributed by atoms with Crippen molar-refractivity contribution in [3.05, 3.63) is 102 Å². The number of nitrogens with zero attached hydrogens (tertiary/aromatic N) is 2. The molecule has 0 heterocycles. The van der Waals surface area contributed by atoms with E-state index in [1.54, 1.807) is 36.4 Å². The van der Waals surface area contributed by atoms with Crippen molar-refractivity contribution < 1.29 is 8.42 Å². The summed E-state index contributed by atoms with van der Waals surface area (Å²) in [6.07, 6.45) is 0.618. The minimum Gasteiger partial charge on any atom is -0.270 e. The first-order chi connectivity index (χ1) is 13.1. The van der Waals surface area contributed by atoms with Crippen LogP contribution >= 0.6 is 0 Å². The van der Waals surface area contributed by atoms with E-state index in [0.29, 0.717) is 29.8 Å². The fraction of sp³-hybridized carbons (Fsp3) is 0.136. The summed E-state index contributed by atoms with van der Waals surface area (Å²) in [6, 6.07) is 27.7. The number of hydrogen-bond acceptors (Lipinski definition) is 3. The number of rotatable bonds is 7. The highest BCUT2D eigenvalue weighted by molar-refractivity contribution is 7.92. The van der Waals surface area contributed by atoms with Gasteiger partial charge in [-0.15, -0.1) is 0 Å². The Morgan fingerprint density at radius 1 is 0.815 bits per heavy atom. The summed E-state index contributed by atoms with van der Waals surface area (Å²) >= 11 is 0. The van der Waals surface area contributed by atoms with Crippen LogP contribution in [0.3, 0.4) is 0 Å². The third kappa shape index (κ3) is 4.96. The lowest BCUT2D eigenvalue weighted by Crippen LogP contribution is -2.34. The molecule has 0 amide bonds. The molecule has 0 bridgehead atoms. The summed E-state index contributed by atoms with van der Waals surface area (Å²) in [4.78, 5) is 0. The van der Waals surface area contributed by atoms with Gasteiger partial charge < -0.3 is 0 Å². The van der Waals surface area contributed by atoms with Crippen molar-refractivity contribution in [3.8, 4) is 6.07 Å². The molecule has 5 heteroatoms. The van der Waals surface area contributed by atoms with Crippen LogP contribution in [0.25, 0.3) is 0 Å². The van der Waals surface area contributed by atoms with Crippen molar-refractivity contribution in [1.82, 2.24) is 0 Å². The van der Waals surface area contributed by atoms with Gasteiger partial charge in [-0.2, -0.15) is 5.26 Å². The molecule has 3 rings (SSSR count). The van der Waals surface area contributed by atoms with E-state index in [2.05, 4.69) is 6.07 Å². The lowest BCUT2D eigenvalue weighted by atomic mass is 10.1. The van der Waals surface area contributed by atoms with Crippen molar-refractivity contribution in [3.63, 3.8) is 0 Å². The van der Waals surface area contributed by atoms with E-state index >= 15 is 0 Å². The molecule has 0 atom stereocenters. The number of hydrogen-bond donors (Lipinski definition) is 0. The van der Waals surface area contributed by atoms with E-state index in [4.69, 9.17) is 5.26 Å². The molecule has 0 aliphatic carbocycles. The second-order valence-corrected chi connectivity index (χ2v) is 8.10. The second-order valence-electron chi connectivity index (χ2n) is 6.21. The number of benzene rings is 3. The lowest BCUT2D eigenvalue weighted by Gasteiger charge is -2.24. The minimum absolute atomic E-state index is 0.147. The Morgan fingerprint density at radius 3 is 2.11 bits per heavy atom. The van der Waals surface area contributed by atoms with Gasteiger partial charge in [0.05, 0.1) is 23.1 Å². The van der Waals surface area contributed by atoms with Crippen LogP contribution in [0, 0.1) is 11.3 Å². The van der Waals surface area contributed by atoms with Crippen LogP contribution in [0.15, 0.2) is 84.9 Å². The van der Waals surface area contributed by atoms with Gasteiger partial charge in [0, 0.05) is 6.54 Å².